The van der Waals surface area contributed by atoms with Crippen molar-refractivity contribution in [1.82, 2.24) is 14.8 Å². The number of nitrogens with zero attached hydrogens (tertiary/aromatic N) is 1. The van der Waals surface area contributed by atoms with Gasteiger partial charge in [-0.15, -0.1) is 0 Å². The molecule has 2 heterocycles. The summed E-state index contributed by atoms with van der Waals surface area (Å²) in [6.45, 7) is 0. The number of aromatic amines is 2. The van der Waals surface area contributed by atoms with E-state index in [2.05, 4.69) is 10.2 Å². The van der Waals surface area contributed by atoms with Crippen molar-refractivity contribution in [2.45, 2.75) is 50.7 Å². The van der Waals surface area contributed by atoms with Gasteiger partial charge in [-0.05, 0) is 43.7 Å². The van der Waals surface area contributed by atoms with Crippen LogP contribution in [-0.2, 0) is 9.53 Å². The van der Waals surface area contributed by atoms with Gasteiger partial charge in [0, 0.05) is 6.20 Å². The van der Waals surface area contributed by atoms with Crippen LogP contribution in [0.2, 0.25) is 0 Å². The molecule has 0 saturated heterocycles. The van der Waals surface area contributed by atoms with Crippen LogP contribution < -0.4 is 11.1 Å². The molecule has 2 N–H and O–H groups in total. The molecule has 0 radical (unpaired) electrons. The Balaban J connectivity index is 1.78. The Labute approximate surface area is 161 Å². The molecule has 1 atom stereocenters. The lowest BCUT2D eigenvalue weighted by atomic mass is 9.97. The van der Waals surface area contributed by atoms with Gasteiger partial charge >= 0.3 is 5.97 Å². The quantitative estimate of drug-likeness (QED) is 0.796. The minimum absolute atomic E-state index is 0.00621. The first-order valence-electron chi connectivity index (χ1n) is 9.70. The number of carbonyl (C=O) groups is 1. The lowest BCUT2D eigenvalue weighted by Crippen LogP contribution is -2.35. The number of carbonyl (C=O) groups excluding carboxylic acids is 1. The minimum Gasteiger partial charge on any atom is -0.461 e. The highest BCUT2D eigenvalue weighted by Crippen LogP contribution is 2.26. The van der Waals surface area contributed by atoms with Gasteiger partial charge in [-0.2, -0.15) is 0 Å². The maximum atomic E-state index is 13.2. The van der Waals surface area contributed by atoms with Gasteiger partial charge in [0.25, 0.3) is 11.1 Å². The number of allylic oxidation sites excluding steroid dienone is 5. The van der Waals surface area contributed by atoms with E-state index in [0.29, 0.717) is 11.1 Å². The highest BCUT2D eigenvalue weighted by Gasteiger charge is 2.30. The average molecular weight is 381 g/mol. The summed E-state index contributed by atoms with van der Waals surface area (Å²) in [5.41, 5.74) is 0.0473. The number of hydrogen-bond acceptors (Lipinski definition) is 4. The van der Waals surface area contributed by atoms with Crippen LogP contribution in [0.15, 0.2) is 57.8 Å². The average Bonchev–Trinajstić information content (AvgIpc) is 2.90. The van der Waals surface area contributed by atoms with Crippen LogP contribution in [0.3, 0.4) is 0 Å². The van der Waals surface area contributed by atoms with E-state index in [1.165, 1.54) is 10.8 Å². The SMILES string of the molecule is O=C(OC1CCCCC1)C(C1=CC=CCC=C1)n1ccc2[nH][nH]c(=O)c2c1=O. The second-order valence-corrected chi connectivity index (χ2v) is 7.23. The van der Waals surface area contributed by atoms with E-state index in [1.54, 1.807) is 6.07 Å². The summed E-state index contributed by atoms with van der Waals surface area (Å²) in [7, 11) is 0. The summed E-state index contributed by atoms with van der Waals surface area (Å²) in [5.74, 6) is -0.466. The highest BCUT2D eigenvalue weighted by atomic mass is 16.5. The van der Waals surface area contributed by atoms with Crippen molar-refractivity contribution >= 4 is 16.9 Å². The number of aromatic nitrogens is 3. The third-order valence-corrected chi connectivity index (χ3v) is 5.32. The van der Waals surface area contributed by atoms with Crippen molar-refractivity contribution in [2.24, 2.45) is 0 Å². The molecule has 2 aliphatic carbocycles. The molecule has 28 heavy (non-hydrogen) atoms. The predicted octanol–water partition coefficient (Wildman–Crippen LogP) is 2.88. The van der Waals surface area contributed by atoms with Gasteiger partial charge in [-0.1, -0.05) is 36.8 Å². The van der Waals surface area contributed by atoms with Crippen molar-refractivity contribution in [1.29, 1.82) is 0 Å². The molecule has 2 aliphatic rings. The van der Waals surface area contributed by atoms with E-state index in [1.807, 2.05) is 30.4 Å². The zero-order chi connectivity index (χ0) is 19.5. The summed E-state index contributed by atoms with van der Waals surface area (Å²) in [6, 6.07) is 0.680. The van der Waals surface area contributed by atoms with E-state index in [-0.39, 0.29) is 11.5 Å². The monoisotopic (exact) mass is 381 g/mol. The largest absolute Gasteiger partial charge is 0.461 e. The van der Waals surface area contributed by atoms with Gasteiger partial charge < -0.3 is 4.74 Å². The Bertz CT molecular complexity index is 1080. The van der Waals surface area contributed by atoms with Crippen molar-refractivity contribution in [2.75, 3.05) is 0 Å². The predicted molar refractivity (Wildman–Crippen MR) is 106 cm³/mol. The van der Waals surface area contributed by atoms with Crippen LogP contribution in [-0.4, -0.2) is 26.8 Å². The molecule has 7 heteroatoms. The van der Waals surface area contributed by atoms with Gasteiger partial charge in [-0.25, -0.2) is 4.79 Å². The topological polar surface area (TPSA) is 96.9 Å². The Morgan fingerprint density at radius 3 is 2.79 bits per heavy atom. The lowest BCUT2D eigenvalue weighted by molar-refractivity contribution is -0.153. The molecule has 2 aromatic rings. The number of fused-ring (bicyclic) bond motifs is 1. The summed E-state index contributed by atoms with van der Waals surface area (Å²) < 4.78 is 7.09. The van der Waals surface area contributed by atoms with Crippen LogP contribution in [0.4, 0.5) is 0 Å². The van der Waals surface area contributed by atoms with Crippen molar-refractivity contribution < 1.29 is 9.53 Å². The number of ether oxygens (including phenoxy) is 1. The smallest absolute Gasteiger partial charge is 0.334 e. The first-order chi connectivity index (χ1) is 13.6. The molecule has 4 rings (SSSR count). The van der Waals surface area contributed by atoms with E-state index in [0.717, 1.165) is 38.5 Å². The van der Waals surface area contributed by atoms with Crippen LogP contribution in [0, 0.1) is 0 Å². The molecule has 146 valence electrons. The maximum absolute atomic E-state index is 13.2. The van der Waals surface area contributed by atoms with Gasteiger partial charge in [0.15, 0.2) is 6.04 Å². The zero-order valence-corrected chi connectivity index (χ0v) is 15.5. The van der Waals surface area contributed by atoms with Gasteiger partial charge in [0.1, 0.15) is 11.5 Å². The normalized spacial score (nSPS) is 18.6. The van der Waals surface area contributed by atoms with E-state index >= 15 is 0 Å². The molecule has 1 saturated carbocycles. The highest BCUT2D eigenvalue weighted by molar-refractivity contribution is 5.81. The molecule has 1 fully saturated rings. The lowest BCUT2D eigenvalue weighted by Gasteiger charge is -2.26. The Morgan fingerprint density at radius 1 is 1.14 bits per heavy atom. The molecular formula is C21H23N3O4. The zero-order valence-electron chi connectivity index (χ0n) is 15.5. The Morgan fingerprint density at radius 2 is 1.96 bits per heavy atom. The number of rotatable bonds is 4. The minimum atomic E-state index is -0.938. The molecule has 0 aliphatic heterocycles. The Kier molecular flexibility index (Phi) is 5.14. The molecule has 0 amide bonds. The van der Waals surface area contributed by atoms with Gasteiger partial charge in [0.05, 0.1) is 5.52 Å². The first kappa shape index (κ1) is 18.3. The Hall–Kier alpha value is -3.09. The summed E-state index contributed by atoms with van der Waals surface area (Å²) in [6.07, 6.45) is 16.5. The van der Waals surface area contributed by atoms with Crippen LogP contribution in [0.5, 0.6) is 0 Å². The van der Waals surface area contributed by atoms with Crippen LogP contribution in [0.1, 0.15) is 44.6 Å². The summed E-state index contributed by atoms with van der Waals surface area (Å²) in [5, 5.41) is 5.10. The number of hydrogen-bond donors (Lipinski definition) is 2. The molecule has 0 spiro atoms. The maximum Gasteiger partial charge on any atom is 0.334 e. The van der Waals surface area contributed by atoms with E-state index in [4.69, 9.17) is 4.74 Å². The standard InChI is InChI=1S/C21H23N3O4/c25-19-17-16(22-23-19)12-13-24(20(17)26)18(14-8-4-1-2-5-9-14)21(27)28-15-10-6-3-7-11-15/h1,4-5,8-9,12-13,15,18H,2-3,6-7,10-11H2,(H2,22,23,25). The molecule has 0 bridgehead atoms. The van der Waals surface area contributed by atoms with E-state index in [9.17, 15) is 14.4 Å². The van der Waals surface area contributed by atoms with Gasteiger partial charge in [-0.3, -0.25) is 24.4 Å². The fourth-order valence-corrected chi connectivity index (χ4v) is 3.86. The number of esters is 1. The second-order valence-electron chi connectivity index (χ2n) is 7.23. The van der Waals surface area contributed by atoms with Crippen LogP contribution in [0.25, 0.3) is 10.9 Å². The molecule has 1 unspecified atom stereocenters. The molecule has 2 aromatic heterocycles. The molecule has 7 nitrogen and oxygen atoms in total. The second kappa shape index (κ2) is 7.88. The molecule has 0 aromatic carbocycles. The van der Waals surface area contributed by atoms with Crippen molar-refractivity contribution in [3.8, 4) is 0 Å². The molecular weight excluding hydrogens is 358 g/mol. The van der Waals surface area contributed by atoms with Crippen molar-refractivity contribution in [3.63, 3.8) is 0 Å². The number of pyridine rings is 1. The van der Waals surface area contributed by atoms with Crippen LogP contribution >= 0.6 is 0 Å². The summed E-state index contributed by atoms with van der Waals surface area (Å²) in [4.78, 5) is 38.2. The fourth-order valence-electron chi connectivity index (χ4n) is 3.86. The van der Waals surface area contributed by atoms with E-state index < -0.39 is 23.1 Å². The van der Waals surface area contributed by atoms with Crippen molar-refractivity contribution in [3.05, 3.63) is 68.9 Å². The number of nitrogens with one attached hydrogen (secondary N) is 2. The third kappa shape index (κ3) is 3.52. The fraction of sp³-hybridized carbons (Fsp3) is 0.381. The number of H-pyrrole nitrogens is 2. The van der Waals surface area contributed by atoms with Gasteiger partial charge in [0.2, 0.25) is 0 Å². The summed E-state index contributed by atoms with van der Waals surface area (Å²) >= 11 is 0. The third-order valence-electron chi connectivity index (χ3n) is 5.32. The first-order valence-corrected chi connectivity index (χ1v) is 9.70.